The molecule has 0 unspecified atom stereocenters. The van der Waals surface area contributed by atoms with Crippen molar-refractivity contribution in [1.82, 2.24) is 15.2 Å². The fraction of sp³-hybridized carbons (Fsp3) is 0.286. The van der Waals surface area contributed by atoms with E-state index in [2.05, 4.69) is 15.2 Å². The van der Waals surface area contributed by atoms with Gasteiger partial charge in [0.05, 0.1) is 11.4 Å². The third-order valence-corrected chi connectivity index (χ3v) is 3.41. The van der Waals surface area contributed by atoms with Crippen LogP contribution in [0.4, 0.5) is 0 Å². The van der Waals surface area contributed by atoms with Gasteiger partial charge in [0, 0.05) is 0 Å². The van der Waals surface area contributed by atoms with Crippen LogP contribution in [0.3, 0.4) is 0 Å². The second kappa shape index (κ2) is 4.29. The van der Waals surface area contributed by atoms with Crippen molar-refractivity contribution in [2.24, 2.45) is 0 Å². The van der Waals surface area contributed by atoms with Gasteiger partial charge in [0.2, 0.25) is 4.47 Å². The molecule has 0 N–H and O–H groups in total. The highest BCUT2D eigenvalue weighted by molar-refractivity contribution is 7.98. The molecule has 14 heavy (non-hydrogen) atoms. The lowest BCUT2D eigenvalue weighted by Gasteiger charge is -1.89. The third kappa shape index (κ3) is 2.46. The summed E-state index contributed by atoms with van der Waals surface area (Å²) in [5.41, 5.74) is 0.878. The van der Waals surface area contributed by atoms with Crippen LogP contribution in [0.15, 0.2) is 15.9 Å². The van der Waals surface area contributed by atoms with E-state index in [4.69, 9.17) is 16.0 Å². The molecule has 0 atom stereocenters. The monoisotopic (exact) mass is 247 g/mol. The maximum absolute atomic E-state index is 5.64. The number of aromatic nitrogens is 3. The molecular formula is C7H6ClN3OS2. The summed E-state index contributed by atoms with van der Waals surface area (Å²) in [6, 6.07) is 0. The van der Waals surface area contributed by atoms with E-state index < -0.39 is 0 Å². The summed E-state index contributed by atoms with van der Waals surface area (Å²) in [6.07, 6.45) is 1.62. The SMILES string of the molecule is Cc1coc(SCc2nnc(Cl)s2)n1. The lowest BCUT2D eigenvalue weighted by atomic mass is 10.6. The number of thioether (sulfide) groups is 1. The van der Waals surface area contributed by atoms with Crippen molar-refractivity contribution in [2.75, 3.05) is 0 Å². The second-order valence-corrected chi connectivity index (χ2v) is 5.06. The Kier molecular flexibility index (Phi) is 3.05. The van der Waals surface area contributed by atoms with E-state index in [9.17, 15) is 0 Å². The molecule has 4 nitrogen and oxygen atoms in total. The highest BCUT2D eigenvalue weighted by Gasteiger charge is 2.05. The van der Waals surface area contributed by atoms with Gasteiger partial charge in [-0.1, -0.05) is 23.1 Å². The lowest BCUT2D eigenvalue weighted by molar-refractivity contribution is 0.454. The molecule has 0 aliphatic rings. The standard InChI is InChI=1S/C7H6ClN3OS2/c1-4-2-12-7(9-4)13-3-5-10-11-6(8)14-5/h2H,3H2,1H3. The average Bonchev–Trinajstić information content (AvgIpc) is 2.72. The number of halogens is 1. The summed E-state index contributed by atoms with van der Waals surface area (Å²) in [4.78, 5) is 4.15. The first kappa shape index (κ1) is 9.95. The number of aryl methyl sites for hydroxylation is 1. The number of hydrogen-bond donors (Lipinski definition) is 0. The van der Waals surface area contributed by atoms with Gasteiger partial charge in [-0.3, -0.25) is 0 Å². The Labute approximate surface area is 93.7 Å². The summed E-state index contributed by atoms with van der Waals surface area (Å²) >= 11 is 8.49. The molecule has 0 amide bonds. The fourth-order valence-corrected chi connectivity index (χ4v) is 2.52. The molecule has 0 aliphatic heterocycles. The fourth-order valence-electron chi connectivity index (χ4n) is 0.814. The Morgan fingerprint density at radius 3 is 3.00 bits per heavy atom. The Balaban J connectivity index is 1.94. The van der Waals surface area contributed by atoms with Crippen LogP contribution in [0.1, 0.15) is 10.7 Å². The lowest BCUT2D eigenvalue weighted by Crippen LogP contribution is -1.79. The van der Waals surface area contributed by atoms with Gasteiger partial charge in [-0.15, -0.1) is 10.2 Å². The summed E-state index contributed by atoms with van der Waals surface area (Å²) in [6.45, 7) is 1.88. The maximum atomic E-state index is 5.64. The number of nitrogens with zero attached hydrogens (tertiary/aromatic N) is 3. The molecule has 0 aromatic carbocycles. The van der Waals surface area contributed by atoms with Gasteiger partial charge >= 0.3 is 0 Å². The third-order valence-electron chi connectivity index (χ3n) is 1.36. The van der Waals surface area contributed by atoms with Crippen LogP contribution in [0, 0.1) is 6.92 Å². The van der Waals surface area contributed by atoms with Gasteiger partial charge in [0.1, 0.15) is 11.3 Å². The summed E-state index contributed by atoms with van der Waals surface area (Å²) in [7, 11) is 0. The molecule has 2 heterocycles. The van der Waals surface area contributed by atoms with Crippen LogP contribution in [0.25, 0.3) is 0 Å². The Hall–Kier alpha value is -0.590. The van der Waals surface area contributed by atoms with Gasteiger partial charge in [-0.05, 0) is 18.5 Å². The minimum absolute atomic E-state index is 0.462. The topological polar surface area (TPSA) is 51.8 Å². The normalized spacial score (nSPS) is 10.7. The summed E-state index contributed by atoms with van der Waals surface area (Å²) in [5.74, 6) is 0.685. The van der Waals surface area contributed by atoms with Crippen LogP contribution in [-0.2, 0) is 5.75 Å². The van der Waals surface area contributed by atoms with E-state index in [0.717, 1.165) is 10.7 Å². The molecule has 0 bridgehead atoms. The van der Waals surface area contributed by atoms with Crippen molar-refractivity contribution in [1.29, 1.82) is 0 Å². The van der Waals surface area contributed by atoms with Crippen molar-refractivity contribution in [3.8, 4) is 0 Å². The Bertz CT molecular complexity index is 388. The number of rotatable bonds is 3. The molecular weight excluding hydrogens is 242 g/mol. The molecule has 0 aliphatic carbocycles. The van der Waals surface area contributed by atoms with Gasteiger partial charge in [-0.25, -0.2) is 4.98 Å². The van der Waals surface area contributed by atoms with Crippen molar-refractivity contribution in [3.63, 3.8) is 0 Å². The van der Waals surface area contributed by atoms with Crippen molar-refractivity contribution in [2.45, 2.75) is 17.9 Å². The molecule has 0 spiro atoms. The van der Waals surface area contributed by atoms with Crippen LogP contribution in [0.5, 0.6) is 0 Å². The van der Waals surface area contributed by atoms with E-state index in [1.165, 1.54) is 23.1 Å². The maximum Gasteiger partial charge on any atom is 0.256 e. The summed E-state index contributed by atoms with van der Waals surface area (Å²) in [5, 5.41) is 9.11. The predicted molar refractivity (Wildman–Crippen MR) is 55.7 cm³/mol. The summed E-state index contributed by atoms with van der Waals surface area (Å²) < 4.78 is 5.63. The van der Waals surface area contributed by atoms with Gasteiger partial charge in [0.25, 0.3) is 5.22 Å². The largest absolute Gasteiger partial charge is 0.440 e. The van der Waals surface area contributed by atoms with Crippen LogP contribution >= 0.6 is 34.7 Å². The predicted octanol–water partition coefficient (Wildman–Crippen LogP) is 2.78. The smallest absolute Gasteiger partial charge is 0.256 e. The first-order valence-corrected chi connectivity index (χ1v) is 5.95. The van der Waals surface area contributed by atoms with Crippen molar-refractivity contribution in [3.05, 3.63) is 21.4 Å². The molecule has 0 saturated heterocycles. The molecule has 0 fully saturated rings. The van der Waals surface area contributed by atoms with Gasteiger partial charge < -0.3 is 4.42 Å². The highest BCUT2D eigenvalue weighted by atomic mass is 35.5. The molecule has 2 aromatic heterocycles. The minimum atomic E-state index is 0.462. The molecule has 7 heteroatoms. The second-order valence-electron chi connectivity index (χ2n) is 2.49. The van der Waals surface area contributed by atoms with Crippen molar-refractivity contribution < 1.29 is 4.42 Å². The van der Waals surface area contributed by atoms with Gasteiger partial charge in [-0.2, -0.15) is 0 Å². The quantitative estimate of drug-likeness (QED) is 0.781. The van der Waals surface area contributed by atoms with Crippen LogP contribution in [-0.4, -0.2) is 15.2 Å². The first-order valence-electron chi connectivity index (χ1n) is 3.77. The van der Waals surface area contributed by atoms with E-state index in [1.54, 1.807) is 6.26 Å². The van der Waals surface area contributed by atoms with E-state index >= 15 is 0 Å². The molecule has 74 valence electrons. The molecule has 2 aromatic rings. The van der Waals surface area contributed by atoms with Crippen LogP contribution < -0.4 is 0 Å². The Morgan fingerprint density at radius 2 is 2.43 bits per heavy atom. The number of hydrogen-bond acceptors (Lipinski definition) is 6. The Morgan fingerprint density at radius 1 is 1.57 bits per heavy atom. The first-order chi connectivity index (χ1) is 6.74. The molecule has 2 rings (SSSR count). The number of oxazole rings is 1. The van der Waals surface area contributed by atoms with Gasteiger partial charge in [0.15, 0.2) is 0 Å². The highest BCUT2D eigenvalue weighted by Crippen LogP contribution is 2.24. The minimum Gasteiger partial charge on any atom is -0.440 e. The van der Waals surface area contributed by atoms with Crippen molar-refractivity contribution >= 4 is 34.7 Å². The molecule has 0 saturated carbocycles. The average molecular weight is 248 g/mol. The van der Waals surface area contributed by atoms with E-state index in [-0.39, 0.29) is 0 Å². The zero-order chi connectivity index (χ0) is 9.97. The molecule has 0 radical (unpaired) electrons. The zero-order valence-electron chi connectivity index (χ0n) is 7.23. The zero-order valence-corrected chi connectivity index (χ0v) is 9.62. The van der Waals surface area contributed by atoms with E-state index in [1.807, 2.05) is 6.92 Å². The van der Waals surface area contributed by atoms with Crippen LogP contribution in [0.2, 0.25) is 4.47 Å². The van der Waals surface area contributed by atoms with E-state index in [0.29, 0.717) is 15.4 Å².